The number of carbonyl (C=O) groups excluding carboxylic acids is 1. The molecule has 32 heavy (non-hydrogen) atoms. The number of nitrogens with two attached hydrogens (primary N) is 1. The molecule has 3 heterocycles. The van der Waals surface area contributed by atoms with E-state index in [9.17, 15) is 4.79 Å². The molecule has 8 nitrogen and oxygen atoms in total. The number of halogens is 1. The number of aromatic nitrogens is 4. The largest absolute Gasteiger partial charge is 0.496 e. The Morgan fingerprint density at radius 2 is 1.94 bits per heavy atom. The van der Waals surface area contributed by atoms with Gasteiger partial charge in [0.05, 0.1) is 24.2 Å². The molecular formula is C23H29ClN6O2. The van der Waals surface area contributed by atoms with Crippen LogP contribution in [-0.4, -0.2) is 50.8 Å². The molecule has 1 aliphatic rings. The van der Waals surface area contributed by atoms with Crippen LogP contribution in [0.5, 0.6) is 5.75 Å². The third-order valence-corrected chi connectivity index (χ3v) is 6.75. The normalized spacial score (nSPS) is 15.3. The van der Waals surface area contributed by atoms with E-state index >= 15 is 0 Å². The van der Waals surface area contributed by atoms with Gasteiger partial charge in [-0.3, -0.25) is 4.79 Å². The first-order valence-electron chi connectivity index (χ1n) is 10.8. The Bertz CT molecular complexity index is 1200. The highest BCUT2D eigenvalue weighted by atomic mass is 35.5. The van der Waals surface area contributed by atoms with E-state index in [4.69, 9.17) is 27.2 Å². The highest BCUT2D eigenvalue weighted by molar-refractivity contribution is 6.31. The zero-order valence-electron chi connectivity index (χ0n) is 19.3. The van der Waals surface area contributed by atoms with E-state index in [0.29, 0.717) is 29.6 Å². The number of methoxy groups -OCH3 is 1. The molecule has 1 saturated heterocycles. The van der Waals surface area contributed by atoms with Gasteiger partial charge in [0.2, 0.25) is 5.91 Å². The van der Waals surface area contributed by atoms with Gasteiger partial charge in [-0.2, -0.15) is 5.10 Å². The molecule has 3 aromatic rings. The van der Waals surface area contributed by atoms with Crippen molar-refractivity contribution in [1.29, 1.82) is 0 Å². The summed E-state index contributed by atoms with van der Waals surface area (Å²) in [5, 5.41) is 6.11. The van der Waals surface area contributed by atoms with Crippen LogP contribution in [-0.2, 0) is 4.79 Å². The predicted octanol–water partition coefficient (Wildman–Crippen LogP) is 3.88. The number of anilines is 1. The molecule has 0 spiro atoms. The number of amides is 1. The van der Waals surface area contributed by atoms with Crippen molar-refractivity contribution < 1.29 is 9.53 Å². The topological polar surface area (TPSA) is 99.2 Å². The van der Waals surface area contributed by atoms with E-state index in [0.717, 1.165) is 33.5 Å². The molecule has 170 valence electrons. The smallest absolute Gasteiger partial charge is 0.225 e. The molecule has 0 bridgehead atoms. The van der Waals surface area contributed by atoms with Gasteiger partial charge in [-0.15, -0.1) is 0 Å². The molecule has 2 aromatic heterocycles. The Kier molecular flexibility index (Phi) is 5.75. The fourth-order valence-electron chi connectivity index (χ4n) is 4.57. The zero-order chi connectivity index (χ0) is 23.3. The van der Waals surface area contributed by atoms with E-state index in [2.05, 4.69) is 9.97 Å². The van der Waals surface area contributed by atoms with Gasteiger partial charge in [-0.1, -0.05) is 25.4 Å². The van der Waals surface area contributed by atoms with Crippen LogP contribution in [0.1, 0.15) is 55.1 Å². The average Bonchev–Trinajstić information content (AvgIpc) is 3.06. The summed E-state index contributed by atoms with van der Waals surface area (Å²) in [4.78, 5) is 22.8. The molecule has 1 aromatic carbocycles. The first kappa shape index (κ1) is 22.3. The van der Waals surface area contributed by atoms with Gasteiger partial charge < -0.3 is 15.4 Å². The average molecular weight is 457 g/mol. The number of likely N-dealkylation sites (tertiary alicyclic amines) is 1. The van der Waals surface area contributed by atoms with Crippen molar-refractivity contribution in [2.45, 2.75) is 46.6 Å². The Morgan fingerprint density at radius 3 is 2.56 bits per heavy atom. The van der Waals surface area contributed by atoms with Crippen LogP contribution in [0.25, 0.3) is 11.0 Å². The number of aryl methyl sites for hydroxylation is 1. The second-order valence-corrected chi connectivity index (χ2v) is 9.19. The molecule has 9 heteroatoms. The SMILES string of the molecule is COc1c(C(C)n2nc(C)c3c(N)ncnc32)cc(Cl)c(C)c1C1CN(C(=O)C(C)C)C1. The fourth-order valence-corrected chi connectivity index (χ4v) is 4.79. The molecule has 0 saturated carbocycles. The molecule has 1 aliphatic heterocycles. The van der Waals surface area contributed by atoms with Crippen molar-refractivity contribution >= 4 is 34.4 Å². The minimum atomic E-state index is -0.208. The number of fused-ring (bicyclic) bond motifs is 1. The summed E-state index contributed by atoms with van der Waals surface area (Å²) in [6.45, 7) is 11.1. The van der Waals surface area contributed by atoms with Gasteiger partial charge in [0, 0.05) is 41.1 Å². The van der Waals surface area contributed by atoms with Crippen molar-refractivity contribution in [2.75, 3.05) is 25.9 Å². The van der Waals surface area contributed by atoms with Gasteiger partial charge in [-0.25, -0.2) is 14.6 Å². The summed E-state index contributed by atoms with van der Waals surface area (Å²) in [6.07, 6.45) is 1.45. The number of benzene rings is 1. The third-order valence-electron chi connectivity index (χ3n) is 6.36. The number of carbonyl (C=O) groups is 1. The Morgan fingerprint density at radius 1 is 1.25 bits per heavy atom. The maximum atomic E-state index is 12.4. The lowest BCUT2D eigenvalue weighted by Crippen LogP contribution is -2.50. The molecule has 1 fully saturated rings. The van der Waals surface area contributed by atoms with Crippen molar-refractivity contribution in [3.05, 3.63) is 39.8 Å². The summed E-state index contributed by atoms with van der Waals surface area (Å²) < 4.78 is 7.78. The van der Waals surface area contributed by atoms with Crippen LogP contribution in [0, 0.1) is 19.8 Å². The van der Waals surface area contributed by atoms with Crippen LogP contribution < -0.4 is 10.5 Å². The molecule has 1 unspecified atom stereocenters. The minimum Gasteiger partial charge on any atom is -0.496 e. The van der Waals surface area contributed by atoms with Crippen LogP contribution in [0.3, 0.4) is 0 Å². The fraction of sp³-hybridized carbons (Fsp3) is 0.478. The number of rotatable bonds is 5. The summed E-state index contributed by atoms with van der Waals surface area (Å²) in [7, 11) is 1.67. The number of ether oxygens (including phenoxy) is 1. The predicted molar refractivity (Wildman–Crippen MR) is 125 cm³/mol. The van der Waals surface area contributed by atoms with Crippen LogP contribution >= 0.6 is 11.6 Å². The first-order valence-corrected chi connectivity index (χ1v) is 11.1. The Balaban J connectivity index is 1.78. The molecule has 2 N–H and O–H groups in total. The molecule has 0 aliphatic carbocycles. The third kappa shape index (κ3) is 3.46. The zero-order valence-corrected chi connectivity index (χ0v) is 20.1. The molecule has 4 rings (SSSR count). The lowest BCUT2D eigenvalue weighted by atomic mass is 9.84. The van der Waals surface area contributed by atoms with E-state index in [1.807, 2.05) is 50.3 Å². The van der Waals surface area contributed by atoms with Crippen molar-refractivity contribution in [2.24, 2.45) is 5.92 Å². The summed E-state index contributed by atoms with van der Waals surface area (Å²) in [5.41, 5.74) is 10.5. The van der Waals surface area contributed by atoms with Crippen LogP contribution in [0.15, 0.2) is 12.4 Å². The molecule has 1 amide bonds. The number of nitrogen functional groups attached to an aromatic ring is 1. The van der Waals surface area contributed by atoms with E-state index < -0.39 is 0 Å². The van der Waals surface area contributed by atoms with Gasteiger partial charge in [0.25, 0.3) is 0 Å². The van der Waals surface area contributed by atoms with E-state index in [-0.39, 0.29) is 23.8 Å². The van der Waals surface area contributed by atoms with E-state index in [1.54, 1.807) is 7.11 Å². The van der Waals surface area contributed by atoms with Gasteiger partial charge >= 0.3 is 0 Å². The second-order valence-electron chi connectivity index (χ2n) is 8.78. The molecule has 1 atom stereocenters. The maximum Gasteiger partial charge on any atom is 0.225 e. The minimum absolute atomic E-state index is 0.0142. The summed E-state index contributed by atoms with van der Waals surface area (Å²) >= 11 is 6.69. The van der Waals surface area contributed by atoms with Gasteiger partial charge in [0.1, 0.15) is 17.9 Å². The maximum absolute atomic E-state index is 12.4. The lowest BCUT2D eigenvalue weighted by molar-refractivity contribution is -0.139. The van der Waals surface area contributed by atoms with Gasteiger partial charge in [-0.05, 0) is 32.4 Å². The molecular weight excluding hydrogens is 428 g/mol. The standard InChI is InChI=1S/C23H29ClN6O2/c1-11(2)23(31)29-8-15(9-29)18-12(3)17(24)7-16(20(18)32-6)14(5)30-22-19(13(4)28-30)21(25)26-10-27-22/h7,10-11,14-15H,8-9H2,1-6H3,(H2,25,26,27). The Hall–Kier alpha value is -2.87. The van der Waals surface area contributed by atoms with Crippen molar-refractivity contribution in [3.8, 4) is 5.75 Å². The summed E-state index contributed by atoms with van der Waals surface area (Å²) in [6, 6.07) is 1.73. The number of hydrogen-bond donors (Lipinski definition) is 1. The van der Waals surface area contributed by atoms with Gasteiger partial charge in [0.15, 0.2) is 5.65 Å². The number of hydrogen-bond acceptors (Lipinski definition) is 6. The lowest BCUT2D eigenvalue weighted by Gasteiger charge is -2.42. The molecule has 0 radical (unpaired) electrons. The van der Waals surface area contributed by atoms with Crippen LogP contribution in [0.4, 0.5) is 5.82 Å². The number of nitrogens with zero attached hydrogens (tertiary/aromatic N) is 5. The second kappa shape index (κ2) is 8.24. The highest BCUT2D eigenvalue weighted by Gasteiger charge is 2.37. The quantitative estimate of drug-likeness (QED) is 0.625. The van der Waals surface area contributed by atoms with Crippen LogP contribution in [0.2, 0.25) is 5.02 Å². The Labute approximate surface area is 192 Å². The van der Waals surface area contributed by atoms with E-state index in [1.165, 1.54) is 6.33 Å². The summed E-state index contributed by atoms with van der Waals surface area (Å²) in [5.74, 6) is 1.52. The van der Waals surface area contributed by atoms with Crippen molar-refractivity contribution in [1.82, 2.24) is 24.6 Å². The first-order chi connectivity index (χ1) is 15.1. The highest BCUT2D eigenvalue weighted by Crippen LogP contribution is 2.44. The monoisotopic (exact) mass is 456 g/mol. The van der Waals surface area contributed by atoms with Crippen molar-refractivity contribution in [3.63, 3.8) is 0 Å².